The molecule has 1 saturated carbocycles. The van der Waals surface area contributed by atoms with Gasteiger partial charge in [0.25, 0.3) is 10.0 Å². The Hall–Kier alpha value is -1.40. The first-order valence-corrected chi connectivity index (χ1v) is 9.43. The SMILES string of the molecule is O=S1(=O)NC(=NCCOC2CCCCCC2)c2ccccc21. The Balaban J connectivity index is 1.58. The van der Waals surface area contributed by atoms with E-state index in [4.69, 9.17) is 4.74 Å². The van der Waals surface area contributed by atoms with Gasteiger partial charge in [0, 0.05) is 5.56 Å². The van der Waals surface area contributed by atoms with Gasteiger partial charge in [0.2, 0.25) is 0 Å². The van der Waals surface area contributed by atoms with Crippen molar-refractivity contribution in [2.75, 3.05) is 13.2 Å². The average molecular weight is 322 g/mol. The van der Waals surface area contributed by atoms with Gasteiger partial charge in [-0.2, -0.15) is 0 Å². The molecule has 1 aromatic carbocycles. The second kappa shape index (κ2) is 6.79. The summed E-state index contributed by atoms with van der Waals surface area (Å²) in [6, 6.07) is 6.91. The number of hydrogen-bond donors (Lipinski definition) is 1. The van der Waals surface area contributed by atoms with Crippen molar-refractivity contribution in [1.29, 1.82) is 0 Å². The van der Waals surface area contributed by atoms with E-state index in [1.165, 1.54) is 25.7 Å². The van der Waals surface area contributed by atoms with Gasteiger partial charge in [-0.3, -0.25) is 9.71 Å². The number of ether oxygens (including phenoxy) is 1. The number of nitrogens with one attached hydrogen (secondary N) is 1. The monoisotopic (exact) mass is 322 g/mol. The molecular weight excluding hydrogens is 300 g/mol. The summed E-state index contributed by atoms with van der Waals surface area (Å²) >= 11 is 0. The minimum Gasteiger partial charge on any atom is -0.376 e. The summed E-state index contributed by atoms with van der Waals surface area (Å²) in [6.07, 6.45) is 7.70. The van der Waals surface area contributed by atoms with Crippen molar-refractivity contribution in [1.82, 2.24) is 4.72 Å². The summed E-state index contributed by atoms with van der Waals surface area (Å²) in [5, 5.41) is 0. The van der Waals surface area contributed by atoms with Crippen molar-refractivity contribution < 1.29 is 13.2 Å². The van der Waals surface area contributed by atoms with Crippen molar-refractivity contribution in [3.63, 3.8) is 0 Å². The Morgan fingerprint density at radius 3 is 2.64 bits per heavy atom. The molecular formula is C16H22N2O3S. The first kappa shape index (κ1) is 15.5. The van der Waals surface area contributed by atoms with Gasteiger partial charge < -0.3 is 4.74 Å². The predicted molar refractivity (Wildman–Crippen MR) is 85.6 cm³/mol. The zero-order valence-electron chi connectivity index (χ0n) is 12.6. The molecule has 1 N–H and O–H groups in total. The summed E-state index contributed by atoms with van der Waals surface area (Å²) in [4.78, 5) is 4.67. The van der Waals surface area contributed by atoms with E-state index in [0.717, 1.165) is 12.8 Å². The van der Waals surface area contributed by atoms with Crippen molar-refractivity contribution in [3.8, 4) is 0 Å². The molecule has 1 aliphatic carbocycles. The molecule has 5 nitrogen and oxygen atoms in total. The second-order valence-electron chi connectivity index (χ2n) is 5.82. The van der Waals surface area contributed by atoms with Crippen molar-refractivity contribution in [2.24, 2.45) is 4.99 Å². The predicted octanol–water partition coefficient (Wildman–Crippen LogP) is 2.46. The van der Waals surface area contributed by atoms with Crippen molar-refractivity contribution >= 4 is 15.9 Å². The minimum absolute atomic E-state index is 0.304. The third-order valence-corrected chi connectivity index (χ3v) is 5.58. The van der Waals surface area contributed by atoms with Crippen LogP contribution in [0.1, 0.15) is 44.1 Å². The molecule has 1 aliphatic heterocycles. The van der Waals surface area contributed by atoms with Crippen LogP contribution in [-0.2, 0) is 14.8 Å². The van der Waals surface area contributed by atoms with Gasteiger partial charge in [-0.25, -0.2) is 8.42 Å². The molecule has 2 aliphatic rings. The highest BCUT2D eigenvalue weighted by molar-refractivity contribution is 7.90. The van der Waals surface area contributed by atoms with Crippen molar-refractivity contribution in [3.05, 3.63) is 29.8 Å². The molecule has 0 amide bonds. The molecule has 0 saturated heterocycles. The van der Waals surface area contributed by atoms with Crippen LogP contribution in [0.3, 0.4) is 0 Å². The Bertz CT molecular complexity index is 647. The van der Waals surface area contributed by atoms with Crippen molar-refractivity contribution in [2.45, 2.75) is 49.5 Å². The van der Waals surface area contributed by atoms with E-state index in [0.29, 0.717) is 35.6 Å². The fourth-order valence-corrected chi connectivity index (χ4v) is 4.29. The quantitative estimate of drug-likeness (QED) is 0.684. The molecule has 1 aromatic rings. The zero-order chi connectivity index (χ0) is 15.4. The molecule has 1 fully saturated rings. The standard InChI is InChI=1S/C16H22N2O3S/c19-22(20)15-10-6-5-9-14(15)16(18-22)17-11-12-21-13-7-3-1-2-4-8-13/h5-6,9-10,13H,1-4,7-8,11-12H2,(H,17,18). The average Bonchev–Trinajstić information content (AvgIpc) is 2.70. The molecule has 120 valence electrons. The summed E-state index contributed by atoms with van der Waals surface area (Å²) in [7, 11) is -3.44. The largest absolute Gasteiger partial charge is 0.376 e. The summed E-state index contributed by atoms with van der Waals surface area (Å²) in [5.74, 6) is 0.431. The highest BCUT2D eigenvalue weighted by atomic mass is 32.2. The number of sulfonamides is 1. The number of aliphatic imine (C=N–C) groups is 1. The fourth-order valence-electron chi connectivity index (χ4n) is 3.04. The topological polar surface area (TPSA) is 67.8 Å². The number of hydrogen-bond acceptors (Lipinski definition) is 4. The Morgan fingerprint density at radius 1 is 1.14 bits per heavy atom. The molecule has 0 atom stereocenters. The normalized spacial score (nSPS) is 23.0. The first-order valence-electron chi connectivity index (χ1n) is 7.95. The minimum atomic E-state index is -3.44. The molecule has 0 unspecified atom stereocenters. The molecule has 6 heteroatoms. The Morgan fingerprint density at radius 2 is 1.86 bits per heavy atom. The van der Waals surface area contributed by atoms with E-state index in [-0.39, 0.29) is 0 Å². The number of amidine groups is 1. The van der Waals surface area contributed by atoms with Gasteiger partial charge >= 0.3 is 0 Å². The van der Waals surface area contributed by atoms with Gasteiger partial charge in [0.15, 0.2) is 0 Å². The maximum Gasteiger partial charge on any atom is 0.263 e. The molecule has 0 aromatic heterocycles. The van der Waals surface area contributed by atoms with Crippen LogP contribution in [0.5, 0.6) is 0 Å². The lowest BCUT2D eigenvalue weighted by molar-refractivity contribution is 0.0487. The lowest BCUT2D eigenvalue weighted by Gasteiger charge is -2.14. The van der Waals surface area contributed by atoms with E-state index >= 15 is 0 Å². The number of rotatable bonds is 4. The number of nitrogens with zero attached hydrogens (tertiary/aromatic N) is 1. The summed E-state index contributed by atoms with van der Waals surface area (Å²) in [5.41, 5.74) is 0.650. The van der Waals surface area contributed by atoms with Gasteiger partial charge in [-0.05, 0) is 25.0 Å². The van der Waals surface area contributed by atoms with E-state index in [1.807, 2.05) is 6.07 Å². The summed E-state index contributed by atoms with van der Waals surface area (Å²) < 4.78 is 32.3. The lowest BCUT2D eigenvalue weighted by atomic mass is 10.1. The van der Waals surface area contributed by atoms with E-state index in [1.54, 1.807) is 18.2 Å². The third-order valence-electron chi connectivity index (χ3n) is 4.18. The Kier molecular flexibility index (Phi) is 4.78. The third kappa shape index (κ3) is 3.50. The first-order chi connectivity index (χ1) is 10.7. The van der Waals surface area contributed by atoms with Crippen LogP contribution in [0.2, 0.25) is 0 Å². The molecule has 1 heterocycles. The maximum atomic E-state index is 12.0. The van der Waals surface area contributed by atoms with Crippen LogP contribution < -0.4 is 4.72 Å². The van der Waals surface area contributed by atoms with Crippen LogP contribution >= 0.6 is 0 Å². The lowest BCUT2D eigenvalue weighted by Crippen LogP contribution is -2.23. The Labute approximate surface area is 131 Å². The highest BCUT2D eigenvalue weighted by Gasteiger charge is 2.29. The zero-order valence-corrected chi connectivity index (χ0v) is 13.4. The van der Waals surface area contributed by atoms with E-state index in [2.05, 4.69) is 9.71 Å². The fraction of sp³-hybridized carbons (Fsp3) is 0.562. The van der Waals surface area contributed by atoms with Crippen LogP contribution in [0.25, 0.3) is 0 Å². The van der Waals surface area contributed by atoms with Gasteiger partial charge in [-0.1, -0.05) is 37.8 Å². The van der Waals surface area contributed by atoms with Crippen LogP contribution in [0, 0.1) is 0 Å². The molecule has 0 bridgehead atoms. The molecule has 22 heavy (non-hydrogen) atoms. The highest BCUT2D eigenvalue weighted by Crippen LogP contribution is 2.22. The molecule has 0 radical (unpaired) electrons. The number of fused-ring (bicyclic) bond motifs is 1. The summed E-state index contributed by atoms with van der Waals surface area (Å²) in [6.45, 7) is 1.01. The van der Waals surface area contributed by atoms with Crippen LogP contribution in [-0.4, -0.2) is 33.5 Å². The van der Waals surface area contributed by atoms with Gasteiger partial charge in [-0.15, -0.1) is 0 Å². The smallest absolute Gasteiger partial charge is 0.263 e. The van der Waals surface area contributed by atoms with Crippen LogP contribution in [0.15, 0.2) is 34.2 Å². The maximum absolute atomic E-state index is 12.0. The van der Waals surface area contributed by atoms with Gasteiger partial charge in [0.05, 0.1) is 24.2 Å². The van der Waals surface area contributed by atoms with Gasteiger partial charge in [0.1, 0.15) is 5.84 Å². The van der Waals surface area contributed by atoms with E-state index in [9.17, 15) is 8.42 Å². The van der Waals surface area contributed by atoms with E-state index < -0.39 is 10.0 Å². The van der Waals surface area contributed by atoms with Crippen LogP contribution in [0.4, 0.5) is 0 Å². The number of benzene rings is 1. The second-order valence-corrected chi connectivity index (χ2v) is 7.47. The molecule has 0 spiro atoms. The molecule has 3 rings (SSSR count).